The molecular formula is C17H21F3N2O2. The molecule has 0 heterocycles. The highest BCUT2D eigenvalue weighted by atomic mass is 19.4. The van der Waals surface area contributed by atoms with Gasteiger partial charge in [-0.2, -0.15) is 13.2 Å². The van der Waals surface area contributed by atoms with Crippen LogP contribution in [0.2, 0.25) is 0 Å². The van der Waals surface area contributed by atoms with E-state index in [9.17, 15) is 22.8 Å². The van der Waals surface area contributed by atoms with Gasteiger partial charge in [-0.3, -0.25) is 9.59 Å². The molecule has 0 bridgehead atoms. The summed E-state index contributed by atoms with van der Waals surface area (Å²) in [6.45, 7) is 1.15. The molecule has 24 heavy (non-hydrogen) atoms. The number of para-hydroxylation sites is 1. The number of carbonyl (C=O) groups excluding carboxylic acids is 2. The third-order valence-electron chi connectivity index (χ3n) is 4.24. The third kappa shape index (κ3) is 4.72. The van der Waals surface area contributed by atoms with Crippen molar-refractivity contribution >= 4 is 17.5 Å². The summed E-state index contributed by atoms with van der Waals surface area (Å²) >= 11 is 0. The van der Waals surface area contributed by atoms with E-state index >= 15 is 0 Å². The fourth-order valence-electron chi connectivity index (χ4n) is 3.07. The van der Waals surface area contributed by atoms with Crippen LogP contribution >= 0.6 is 0 Å². The Kier molecular flexibility index (Phi) is 5.85. The van der Waals surface area contributed by atoms with E-state index in [0.717, 1.165) is 38.2 Å². The van der Waals surface area contributed by atoms with Crippen LogP contribution in [0, 0.1) is 0 Å². The van der Waals surface area contributed by atoms with Crippen molar-refractivity contribution < 1.29 is 22.8 Å². The number of carbonyl (C=O) groups is 2. The van der Waals surface area contributed by atoms with E-state index in [4.69, 9.17) is 0 Å². The van der Waals surface area contributed by atoms with Crippen LogP contribution in [0.4, 0.5) is 18.9 Å². The summed E-state index contributed by atoms with van der Waals surface area (Å²) in [5, 5.41) is 2.29. The fraction of sp³-hybridized carbons (Fsp3) is 0.529. The zero-order valence-electron chi connectivity index (χ0n) is 13.5. The van der Waals surface area contributed by atoms with Crippen molar-refractivity contribution in [3.05, 3.63) is 29.8 Å². The summed E-state index contributed by atoms with van der Waals surface area (Å²) in [4.78, 5) is 25.5. The Bertz CT molecular complexity index is 596. The molecule has 2 rings (SSSR count). The van der Waals surface area contributed by atoms with Crippen LogP contribution in [0.3, 0.4) is 0 Å². The summed E-state index contributed by atoms with van der Waals surface area (Å²) in [6, 6.07) is 4.80. The Morgan fingerprint density at radius 1 is 1.17 bits per heavy atom. The lowest BCUT2D eigenvalue weighted by molar-refractivity contribution is -0.137. The molecule has 1 fully saturated rings. The number of nitrogens with one attached hydrogen (secondary N) is 1. The van der Waals surface area contributed by atoms with E-state index in [1.54, 1.807) is 0 Å². The van der Waals surface area contributed by atoms with Crippen LogP contribution in [0.15, 0.2) is 24.3 Å². The molecular weight excluding hydrogens is 321 g/mol. The molecule has 1 N–H and O–H groups in total. The van der Waals surface area contributed by atoms with Crippen molar-refractivity contribution in [3.8, 4) is 0 Å². The minimum absolute atomic E-state index is 0.0140. The van der Waals surface area contributed by atoms with Crippen molar-refractivity contribution in [2.45, 2.75) is 51.2 Å². The van der Waals surface area contributed by atoms with E-state index in [1.165, 1.54) is 30.0 Å². The second-order valence-electron chi connectivity index (χ2n) is 6.03. The predicted octanol–water partition coefficient (Wildman–Crippen LogP) is 3.83. The zero-order valence-corrected chi connectivity index (χ0v) is 13.5. The van der Waals surface area contributed by atoms with Gasteiger partial charge in [0.2, 0.25) is 11.8 Å². The maximum absolute atomic E-state index is 13.0. The third-order valence-corrected chi connectivity index (χ3v) is 4.24. The second-order valence-corrected chi connectivity index (χ2v) is 6.03. The second kappa shape index (κ2) is 7.68. The molecule has 0 spiro atoms. The molecule has 0 atom stereocenters. The molecule has 1 aliphatic rings. The smallest absolute Gasteiger partial charge is 0.331 e. The fourth-order valence-corrected chi connectivity index (χ4v) is 3.07. The Morgan fingerprint density at radius 3 is 2.38 bits per heavy atom. The summed E-state index contributed by atoms with van der Waals surface area (Å²) < 4.78 is 38.9. The van der Waals surface area contributed by atoms with Crippen LogP contribution in [0.25, 0.3) is 0 Å². The number of alkyl halides is 3. The standard InChI is InChI=1S/C17H21F3N2O2/c1-12(23)22(13-7-3-2-4-8-13)11-16(24)21-15-10-6-5-9-14(15)17(18,19)20/h5-6,9-10,13H,2-4,7-8,11H2,1H3,(H,21,24). The van der Waals surface area contributed by atoms with Gasteiger partial charge in [-0.1, -0.05) is 31.4 Å². The molecule has 2 amide bonds. The summed E-state index contributed by atoms with van der Waals surface area (Å²) in [5.41, 5.74) is -1.19. The Morgan fingerprint density at radius 2 is 1.79 bits per heavy atom. The molecule has 1 aromatic carbocycles. The molecule has 0 saturated heterocycles. The summed E-state index contributed by atoms with van der Waals surface area (Å²) in [7, 11) is 0. The van der Waals surface area contributed by atoms with E-state index in [-0.39, 0.29) is 24.2 Å². The van der Waals surface area contributed by atoms with Gasteiger partial charge in [-0.05, 0) is 25.0 Å². The molecule has 0 aromatic heterocycles. The normalized spacial score (nSPS) is 15.8. The van der Waals surface area contributed by atoms with E-state index in [2.05, 4.69) is 5.32 Å². The number of rotatable bonds is 4. The Balaban J connectivity index is 2.08. The molecule has 0 aliphatic heterocycles. The lowest BCUT2D eigenvalue weighted by Gasteiger charge is -2.33. The average molecular weight is 342 g/mol. The Labute approximate surface area is 139 Å². The number of benzene rings is 1. The van der Waals surface area contributed by atoms with Crippen molar-refractivity contribution in [2.24, 2.45) is 0 Å². The lowest BCUT2D eigenvalue weighted by atomic mass is 9.94. The largest absolute Gasteiger partial charge is 0.418 e. The molecule has 1 aliphatic carbocycles. The quantitative estimate of drug-likeness (QED) is 0.904. The molecule has 0 radical (unpaired) electrons. The van der Waals surface area contributed by atoms with Gasteiger partial charge < -0.3 is 10.2 Å². The highest BCUT2D eigenvalue weighted by Gasteiger charge is 2.34. The zero-order chi connectivity index (χ0) is 17.7. The molecule has 0 unspecified atom stereocenters. The predicted molar refractivity (Wildman–Crippen MR) is 84.3 cm³/mol. The highest BCUT2D eigenvalue weighted by Crippen LogP contribution is 2.34. The monoisotopic (exact) mass is 342 g/mol. The van der Waals surface area contributed by atoms with Gasteiger partial charge in [0.15, 0.2) is 0 Å². The number of nitrogens with zero attached hydrogens (tertiary/aromatic N) is 1. The number of anilines is 1. The van der Waals surface area contributed by atoms with Gasteiger partial charge in [0.25, 0.3) is 0 Å². The minimum Gasteiger partial charge on any atom is -0.331 e. The number of halogens is 3. The highest BCUT2D eigenvalue weighted by molar-refractivity contribution is 5.95. The van der Waals surface area contributed by atoms with Crippen molar-refractivity contribution in [1.29, 1.82) is 0 Å². The summed E-state index contributed by atoms with van der Waals surface area (Å²) in [5.74, 6) is -0.853. The van der Waals surface area contributed by atoms with E-state index in [0.29, 0.717) is 0 Å². The van der Waals surface area contributed by atoms with Gasteiger partial charge in [0, 0.05) is 13.0 Å². The van der Waals surface area contributed by atoms with Crippen LogP contribution < -0.4 is 5.32 Å². The van der Waals surface area contributed by atoms with Gasteiger partial charge in [-0.15, -0.1) is 0 Å². The van der Waals surface area contributed by atoms with Crippen molar-refractivity contribution in [3.63, 3.8) is 0 Å². The molecule has 1 aromatic rings. The van der Waals surface area contributed by atoms with E-state index < -0.39 is 17.6 Å². The van der Waals surface area contributed by atoms with Gasteiger partial charge in [0.1, 0.15) is 6.54 Å². The van der Waals surface area contributed by atoms with Crippen LogP contribution in [-0.4, -0.2) is 29.3 Å². The number of hydrogen-bond donors (Lipinski definition) is 1. The van der Waals surface area contributed by atoms with Gasteiger partial charge >= 0.3 is 6.18 Å². The van der Waals surface area contributed by atoms with E-state index in [1.807, 2.05) is 0 Å². The van der Waals surface area contributed by atoms with Crippen LogP contribution in [0.1, 0.15) is 44.6 Å². The van der Waals surface area contributed by atoms with Gasteiger partial charge in [0.05, 0.1) is 11.3 Å². The van der Waals surface area contributed by atoms with Crippen LogP contribution in [-0.2, 0) is 15.8 Å². The van der Waals surface area contributed by atoms with Crippen molar-refractivity contribution in [2.75, 3.05) is 11.9 Å². The first-order valence-electron chi connectivity index (χ1n) is 8.02. The van der Waals surface area contributed by atoms with Crippen LogP contribution in [0.5, 0.6) is 0 Å². The first kappa shape index (κ1) is 18.3. The number of hydrogen-bond acceptors (Lipinski definition) is 2. The maximum atomic E-state index is 13.0. The molecule has 4 nitrogen and oxygen atoms in total. The molecule has 7 heteroatoms. The SMILES string of the molecule is CC(=O)N(CC(=O)Nc1ccccc1C(F)(F)F)C1CCCCC1. The van der Waals surface area contributed by atoms with Gasteiger partial charge in [-0.25, -0.2) is 0 Å². The average Bonchev–Trinajstić information content (AvgIpc) is 2.52. The first-order valence-corrected chi connectivity index (χ1v) is 8.02. The minimum atomic E-state index is -4.55. The maximum Gasteiger partial charge on any atom is 0.418 e. The summed E-state index contributed by atoms with van der Waals surface area (Å²) in [6.07, 6.45) is 0.193. The molecule has 1 saturated carbocycles. The topological polar surface area (TPSA) is 49.4 Å². The van der Waals surface area contributed by atoms with Crippen molar-refractivity contribution in [1.82, 2.24) is 4.90 Å². The first-order chi connectivity index (χ1) is 11.3. The lowest BCUT2D eigenvalue weighted by Crippen LogP contribution is -2.44. The Hall–Kier alpha value is -2.05. The number of amides is 2. The molecule has 132 valence electrons.